The second kappa shape index (κ2) is 8.45. The van der Waals surface area contributed by atoms with Crippen LogP contribution in [0.25, 0.3) is 291 Å². The van der Waals surface area contributed by atoms with Crippen LogP contribution in [-0.2, 0) is 10.8 Å². The van der Waals surface area contributed by atoms with Gasteiger partial charge in [0.2, 0.25) is 0 Å². The summed E-state index contributed by atoms with van der Waals surface area (Å²) < 4.78 is 0. The second-order valence-corrected chi connectivity index (χ2v) is 28.9. The Morgan fingerprint density at radius 1 is 0.299 bits per heavy atom. The van der Waals surface area contributed by atoms with Crippen LogP contribution >= 0.6 is 0 Å². The number of hydrogen-bond donors (Lipinski definition) is 0. The largest absolute Gasteiger partial charge is 0.351 e. The van der Waals surface area contributed by atoms with Crippen molar-refractivity contribution in [3.8, 4) is 0 Å². The smallest absolute Gasteiger partial charge is 0.306 e. The molecule has 0 saturated carbocycles. The van der Waals surface area contributed by atoms with E-state index in [0.29, 0.717) is 5.56 Å². The molecular formula is C74H9N5O8. The number of rotatable bonds is 6. The minimum absolute atomic E-state index is 0.0233. The lowest BCUT2D eigenvalue weighted by Crippen LogP contribution is -2.51. The molecule has 378 valence electrons. The van der Waals surface area contributed by atoms with E-state index in [1.165, 1.54) is 308 Å². The van der Waals surface area contributed by atoms with Gasteiger partial charge >= 0.3 is 11.4 Å². The number of nitrogens with zero attached hydrogens (tertiary/aromatic N) is 5. The van der Waals surface area contributed by atoms with E-state index < -0.39 is 48.7 Å². The maximum Gasteiger partial charge on any atom is 0.306 e. The first-order valence-electron chi connectivity index (χ1n) is 30.1. The molecule has 0 amide bonds. The van der Waals surface area contributed by atoms with Crippen molar-refractivity contribution >= 4 is 319 Å². The summed E-state index contributed by atoms with van der Waals surface area (Å²) in [7, 11) is 0. The standard InChI is InChI=1S/C74H9N5O8/c80-76(81)9-3-1-2-8(4-9)72-74-69-63-57-47-35-27-19-15-13-14-17-21(19)29(35)39-33-25(17)26-18(14)22-20-16(13)24-23(15)31-37(27)45-51-41(31)42-32(24)38-28(20)36-30(22)40-34(26)44-43(33)55(49(39)57)65(69)66-56(44)50(40)58-48(36)54-46(38)52(42)60-59(51)67(61(63)53(45)47)73(74,68(60)62(54)64(58)70(66)74)7-75(72)71-11(78(84)85)5-10(77(82)83)6-12(71)79(86)87/h1-6,72H,7H2. The first-order chi connectivity index (χ1) is 42.7. The van der Waals surface area contributed by atoms with Crippen LogP contribution in [0.1, 0.15) is 33.9 Å². The van der Waals surface area contributed by atoms with E-state index in [1.807, 2.05) is 11.0 Å². The molecule has 0 radical (unpaired) electrons. The van der Waals surface area contributed by atoms with Gasteiger partial charge < -0.3 is 4.90 Å². The summed E-state index contributed by atoms with van der Waals surface area (Å²) in [6, 6.07) is 7.48. The van der Waals surface area contributed by atoms with Crippen LogP contribution in [0.5, 0.6) is 0 Å². The maximum absolute atomic E-state index is 14.2. The normalized spacial score (nSPS) is 21.1. The van der Waals surface area contributed by atoms with Gasteiger partial charge in [-0.15, -0.1) is 0 Å². The predicted octanol–water partition coefficient (Wildman–Crippen LogP) is 19.2. The van der Waals surface area contributed by atoms with Crippen molar-refractivity contribution in [3.63, 3.8) is 0 Å². The number of non-ortho nitro benzene ring substituents is 2. The van der Waals surface area contributed by atoms with Gasteiger partial charge in [0.1, 0.15) is 0 Å². The van der Waals surface area contributed by atoms with Gasteiger partial charge in [-0.05, 0) is 319 Å². The molecule has 1 atom stereocenters. The first-order valence-corrected chi connectivity index (χ1v) is 30.1. The van der Waals surface area contributed by atoms with Crippen molar-refractivity contribution in [2.24, 2.45) is 0 Å². The fraction of sp³-hybridized carbons (Fsp3) is 0.0541. The SMILES string of the molecule is O=[N+]([O-])c1cccc(C2N(c3c([N+](=O)[O-])cc([N+](=O)[O-])cc3[N+](=O)[O-])CC34c5c6c7c8c9c%10c(c%11c%12c3c3c5c5c%13c6c6c7c7c9c9c%14c%10c%10c%11c%11c%12c%12c3c3c5c5c%13c%13c6c6c7c9c7c9c%14c%10c%10c%11c%11c%12c3c3c5c5c%13c6c7c6c9c%10c%11c3c56)C824)c1. The highest BCUT2D eigenvalue weighted by molar-refractivity contribution is 6.82. The Kier molecular flexibility index (Phi) is 3.44. The molecule has 1 fully saturated rings. The van der Waals surface area contributed by atoms with Crippen molar-refractivity contribution in [2.45, 2.75) is 16.9 Å². The van der Waals surface area contributed by atoms with E-state index in [4.69, 9.17) is 0 Å². The Bertz CT molecular complexity index is 8300. The van der Waals surface area contributed by atoms with Crippen LogP contribution in [0.2, 0.25) is 0 Å². The molecule has 35 rings (SSSR count). The van der Waals surface area contributed by atoms with E-state index in [0.717, 1.165) is 23.3 Å². The second-order valence-electron chi connectivity index (χ2n) is 28.9. The Balaban J connectivity index is 1.00. The third-order valence-electron chi connectivity index (χ3n) is 28.0. The highest BCUT2D eigenvalue weighted by atomic mass is 16.6. The zero-order valence-corrected chi connectivity index (χ0v) is 43.3. The lowest BCUT2D eigenvalue weighted by Gasteiger charge is -2.51. The molecule has 2 spiro atoms. The average Bonchev–Trinajstić information content (AvgIpc) is 1.38. The van der Waals surface area contributed by atoms with Crippen molar-refractivity contribution in [2.75, 3.05) is 11.4 Å². The molecule has 13 heteroatoms. The van der Waals surface area contributed by atoms with Gasteiger partial charge in [0, 0.05) is 18.7 Å². The third-order valence-corrected chi connectivity index (χ3v) is 28.0. The van der Waals surface area contributed by atoms with Crippen LogP contribution in [0.15, 0.2) is 36.4 Å². The van der Waals surface area contributed by atoms with E-state index >= 15 is 0 Å². The molecule has 0 bridgehead atoms. The average molecular weight is 1100 g/mol. The van der Waals surface area contributed by atoms with Gasteiger partial charge in [0.15, 0.2) is 5.69 Å². The molecule has 30 aromatic rings. The number of nitro groups is 4. The number of anilines is 1. The van der Waals surface area contributed by atoms with E-state index in [-0.39, 0.29) is 22.8 Å². The number of benzene rings is 20. The summed E-state index contributed by atoms with van der Waals surface area (Å²) in [5.41, 5.74) is 0.111. The third kappa shape index (κ3) is 2.14. The van der Waals surface area contributed by atoms with Crippen molar-refractivity contribution in [1.29, 1.82) is 0 Å². The molecule has 4 aliphatic carbocycles. The van der Waals surface area contributed by atoms with Gasteiger partial charge in [0.05, 0.1) is 48.7 Å². The minimum Gasteiger partial charge on any atom is -0.351 e. The first kappa shape index (κ1) is 35.4. The van der Waals surface area contributed by atoms with Crippen LogP contribution in [0, 0.1) is 40.5 Å². The van der Waals surface area contributed by atoms with E-state index in [1.54, 1.807) is 12.1 Å². The quantitative estimate of drug-likeness (QED) is 0.0891. The zero-order chi connectivity index (χ0) is 54.4. The molecule has 0 aromatic heterocycles. The highest BCUT2D eigenvalue weighted by Crippen LogP contribution is 2.87. The zero-order valence-electron chi connectivity index (χ0n) is 43.3. The minimum atomic E-state index is -1.25. The molecular weight excluding hydrogens is 1090 g/mol. The van der Waals surface area contributed by atoms with Crippen LogP contribution < -0.4 is 4.90 Å². The molecule has 1 saturated heterocycles. The number of nitro benzene ring substituents is 4. The Morgan fingerprint density at radius 3 is 0.782 bits per heavy atom. The molecule has 13 nitrogen and oxygen atoms in total. The molecule has 1 aliphatic heterocycles. The van der Waals surface area contributed by atoms with Gasteiger partial charge in [-0.3, -0.25) is 40.5 Å². The van der Waals surface area contributed by atoms with Gasteiger partial charge in [0.25, 0.3) is 11.4 Å². The Labute approximate surface area is 469 Å². The fourth-order valence-electron chi connectivity index (χ4n) is 27.5. The van der Waals surface area contributed by atoms with Gasteiger partial charge in [-0.25, -0.2) is 0 Å². The van der Waals surface area contributed by atoms with E-state index in [9.17, 15) is 40.5 Å². The lowest BCUT2D eigenvalue weighted by molar-refractivity contribution is -0.402. The maximum atomic E-state index is 14.2. The summed E-state index contributed by atoms with van der Waals surface area (Å²) in [5, 5.41) is 128. The van der Waals surface area contributed by atoms with Gasteiger partial charge in [-0.2, -0.15) is 0 Å². The van der Waals surface area contributed by atoms with Crippen molar-refractivity contribution < 1.29 is 19.7 Å². The topological polar surface area (TPSA) is 176 Å². The molecule has 1 heterocycles. The van der Waals surface area contributed by atoms with E-state index in [2.05, 4.69) is 0 Å². The molecule has 30 aromatic carbocycles. The summed E-state index contributed by atoms with van der Waals surface area (Å²) in [6.45, 7) is 0.0233. The van der Waals surface area contributed by atoms with Crippen LogP contribution in [-0.4, -0.2) is 26.2 Å². The van der Waals surface area contributed by atoms with Gasteiger partial charge in [-0.1, -0.05) is 12.1 Å². The highest BCUT2D eigenvalue weighted by Gasteiger charge is 2.77. The lowest BCUT2D eigenvalue weighted by atomic mass is 9.47. The Morgan fingerprint density at radius 2 is 0.540 bits per heavy atom. The van der Waals surface area contributed by atoms with Crippen LogP contribution in [0.3, 0.4) is 0 Å². The summed E-state index contributed by atoms with van der Waals surface area (Å²) in [5.74, 6) is 0. The summed E-state index contributed by atoms with van der Waals surface area (Å²) in [6.07, 6.45) is 0. The predicted molar refractivity (Wildman–Crippen MR) is 343 cm³/mol. The van der Waals surface area contributed by atoms with Crippen molar-refractivity contribution in [1.82, 2.24) is 0 Å². The molecule has 1 unspecified atom stereocenters. The molecule has 87 heavy (non-hydrogen) atoms. The monoisotopic (exact) mass is 1100 g/mol. The fourth-order valence-corrected chi connectivity index (χ4v) is 27.5. The molecule has 5 aliphatic rings. The number of hydrogen-bond acceptors (Lipinski definition) is 9. The summed E-state index contributed by atoms with van der Waals surface area (Å²) in [4.78, 5) is 54.1. The molecule has 0 N–H and O–H groups in total. The Hall–Kier alpha value is -11.7. The van der Waals surface area contributed by atoms with Crippen molar-refractivity contribution in [3.05, 3.63) is 105 Å². The summed E-state index contributed by atoms with van der Waals surface area (Å²) >= 11 is 0. The van der Waals surface area contributed by atoms with Crippen LogP contribution in [0.4, 0.5) is 28.4 Å².